The molecule has 5 nitrogen and oxygen atoms in total. The van der Waals surface area contributed by atoms with E-state index in [0.717, 1.165) is 24.8 Å². The van der Waals surface area contributed by atoms with Crippen LogP contribution in [0.4, 0.5) is 4.79 Å². The lowest BCUT2D eigenvalue weighted by atomic mass is 10.0. The molecule has 2 atom stereocenters. The molecule has 5 heteroatoms. The van der Waals surface area contributed by atoms with E-state index in [1.54, 1.807) is 0 Å². The average Bonchev–Trinajstić information content (AvgIpc) is 2.91. The predicted octanol–water partition coefficient (Wildman–Crippen LogP) is 3.81. The van der Waals surface area contributed by atoms with Crippen molar-refractivity contribution in [3.63, 3.8) is 0 Å². The second kappa shape index (κ2) is 8.18. The van der Waals surface area contributed by atoms with Gasteiger partial charge in [0.05, 0.1) is 0 Å². The highest BCUT2D eigenvalue weighted by Gasteiger charge is 2.29. The first-order chi connectivity index (χ1) is 11.3. The maximum Gasteiger partial charge on any atom is 0.407 e. The molecule has 0 saturated heterocycles. The highest BCUT2D eigenvalue weighted by molar-refractivity contribution is 5.70. The van der Waals surface area contributed by atoms with Gasteiger partial charge in [-0.2, -0.15) is 0 Å². The largest absolute Gasteiger partial charge is 0.461 e. The van der Waals surface area contributed by atoms with Gasteiger partial charge in [-0.15, -0.1) is 0 Å². The number of hydrogen-bond donors (Lipinski definition) is 1. The summed E-state index contributed by atoms with van der Waals surface area (Å²) in [6, 6.07) is 9.72. The SMILES string of the molecule is CC(C)(C)OC(=O)N[C@H]1CC[C@@H](CC(=O)OCc2ccccc2)C1. The maximum atomic E-state index is 12.0. The first kappa shape index (κ1) is 18.3. The molecule has 1 fully saturated rings. The Labute approximate surface area is 143 Å². The molecule has 1 saturated carbocycles. The van der Waals surface area contributed by atoms with E-state index in [-0.39, 0.29) is 24.0 Å². The molecular weight excluding hydrogens is 306 g/mol. The van der Waals surface area contributed by atoms with E-state index in [0.29, 0.717) is 13.0 Å². The minimum atomic E-state index is -0.497. The van der Waals surface area contributed by atoms with Gasteiger partial charge in [0.15, 0.2) is 0 Å². The van der Waals surface area contributed by atoms with Crippen LogP contribution in [0.15, 0.2) is 30.3 Å². The van der Waals surface area contributed by atoms with Crippen LogP contribution in [0.2, 0.25) is 0 Å². The highest BCUT2D eigenvalue weighted by Crippen LogP contribution is 2.29. The zero-order valence-electron chi connectivity index (χ0n) is 14.7. The van der Waals surface area contributed by atoms with Gasteiger partial charge in [0, 0.05) is 12.5 Å². The van der Waals surface area contributed by atoms with Gasteiger partial charge < -0.3 is 14.8 Å². The monoisotopic (exact) mass is 333 g/mol. The lowest BCUT2D eigenvalue weighted by molar-refractivity contribution is -0.146. The smallest absolute Gasteiger partial charge is 0.407 e. The topological polar surface area (TPSA) is 64.6 Å². The number of amides is 1. The number of carbonyl (C=O) groups excluding carboxylic acids is 2. The Morgan fingerprint density at radius 1 is 1.17 bits per heavy atom. The molecule has 0 bridgehead atoms. The molecule has 0 spiro atoms. The van der Waals surface area contributed by atoms with Crippen molar-refractivity contribution in [1.29, 1.82) is 0 Å². The molecule has 0 aliphatic heterocycles. The molecular formula is C19H27NO4. The van der Waals surface area contributed by atoms with Crippen molar-refractivity contribution in [2.45, 2.75) is 64.7 Å². The van der Waals surface area contributed by atoms with Gasteiger partial charge in [-0.1, -0.05) is 30.3 Å². The summed E-state index contributed by atoms with van der Waals surface area (Å²) in [7, 11) is 0. The third kappa shape index (κ3) is 6.60. The zero-order valence-corrected chi connectivity index (χ0v) is 14.7. The lowest BCUT2D eigenvalue weighted by Crippen LogP contribution is -2.38. The minimum Gasteiger partial charge on any atom is -0.461 e. The fourth-order valence-corrected chi connectivity index (χ4v) is 2.90. The number of nitrogens with one attached hydrogen (secondary N) is 1. The summed E-state index contributed by atoms with van der Waals surface area (Å²) in [4.78, 5) is 23.7. The number of alkyl carbamates (subject to hydrolysis) is 1. The Hall–Kier alpha value is -2.04. The van der Waals surface area contributed by atoms with Gasteiger partial charge in [0.2, 0.25) is 0 Å². The van der Waals surface area contributed by atoms with Crippen LogP contribution in [0.3, 0.4) is 0 Å². The van der Waals surface area contributed by atoms with E-state index >= 15 is 0 Å². The standard InChI is InChI=1S/C19H27NO4/c1-19(2,3)24-18(22)20-16-10-9-15(11-16)12-17(21)23-13-14-7-5-4-6-8-14/h4-8,15-16H,9-13H2,1-3H3,(H,20,22)/t15-,16+/m1/s1. The van der Waals surface area contributed by atoms with Gasteiger partial charge in [-0.05, 0) is 51.5 Å². The van der Waals surface area contributed by atoms with Crippen molar-refractivity contribution < 1.29 is 19.1 Å². The predicted molar refractivity (Wildman–Crippen MR) is 91.4 cm³/mol. The average molecular weight is 333 g/mol. The number of esters is 1. The Morgan fingerprint density at radius 2 is 1.88 bits per heavy atom. The molecule has 1 aliphatic carbocycles. The molecule has 0 radical (unpaired) electrons. The van der Waals surface area contributed by atoms with Crippen molar-refractivity contribution in [3.8, 4) is 0 Å². The molecule has 1 N–H and O–H groups in total. The summed E-state index contributed by atoms with van der Waals surface area (Å²) in [6.45, 7) is 5.83. The summed E-state index contributed by atoms with van der Waals surface area (Å²) >= 11 is 0. The number of ether oxygens (including phenoxy) is 2. The first-order valence-electron chi connectivity index (χ1n) is 8.51. The summed E-state index contributed by atoms with van der Waals surface area (Å²) in [5.41, 5.74) is 0.491. The van der Waals surface area contributed by atoms with Crippen LogP contribution in [0.25, 0.3) is 0 Å². The number of benzene rings is 1. The fourth-order valence-electron chi connectivity index (χ4n) is 2.90. The van der Waals surface area contributed by atoms with Crippen molar-refractivity contribution >= 4 is 12.1 Å². The molecule has 132 valence electrons. The Balaban J connectivity index is 1.67. The summed E-state index contributed by atoms with van der Waals surface area (Å²) < 4.78 is 10.6. The third-order valence-corrected chi connectivity index (χ3v) is 3.96. The van der Waals surface area contributed by atoms with Crippen LogP contribution < -0.4 is 5.32 Å². The zero-order chi connectivity index (χ0) is 17.6. The Bertz CT molecular complexity index is 550. The van der Waals surface area contributed by atoms with Crippen molar-refractivity contribution in [3.05, 3.63) is 35.9 Å². The van der Waals surface area contributed by atoms with E-state index in [4.69, 9.17) is 9.47 Å². The third-order valence-electron chi connectivity index (χ3n) is 3.96. The Kier molecular flexibility index (Phi) is 6.23. The van der Waals surface area contributed by atoms with E-state index in [9.17, 15) is 9.59 Å². The van der Waals surface area contributed by atoms with Crippen LogP contribution in [0, 0.1) is 5.92 Å². The fraction of sp³-hybridized carbons (Fsp3) is 0.579. The molecule has 24 heavy (non-hydrogen) atoms. The normalized spacial score (nSPS) is 20.5. The van der Waals surface area contributed by atoms with Crippen LogP contribution in [-0.4, -0.2) is 23.7 Å². The van der Waals surface area contributed by atoms with Crippen LogP contribution in [0.5, 0.6) is 0 Å². The van der Waals surface area contributed by atoms with Gasteiger partial charge in [-0.25, -0.2) is 4.79 Å². The number of rotatable bonds is 5. The maximum absolute atomic E-state index is 12.0. The molecule has 0 heterocycles. The molecule has 2 rings (SSSR count). The lowest BCUT2D eigenvalue weighted by Gasteiger charge is -2.21. The molecule has 1 aliphatic rings. The van der Waals surface area contributed by atoms with E-state index in [1.807, 2.05) is 51.1 Å². The molecule has 0 unspecified atom stereocenters. The molecule has 0 aromatic heterocycles. The summed E-state index contributed by atoms with van der Waals surface area (Å²) in [6.07, 6.45) is 2.59. The summed E-state index contributed by atoms with van der Waals surface area (Å²) in [5, 5.41) is 2.88. The quantitative estimate of drug-likeness (QED) is 0.832. The van der Waals surface area contributed by atoms with Crippen molar-refractivity contribution in [2.75, 3.05) is 0 Å². The van der Waals surface area contributed by atoms with Crippen LogP contribution in [0.1, 0.15) is 52.0 Å². The molecule has 1 amide bonds. The van der Waals surface area contributed by atoms with Crippen LogP contribution >= 0.6 is 0 Å². The van der Waals surface area contributed by atoms with E-state index in [1.165, 1.54) is 0 Å². The van der Waals surface area contributed by atoms with E-state index in [2.05, 4.69) is 5.32 Å². The van der Waals surface area contributed by atoms with E-state index < -0.39 is 5.60 Å². The Morgan fingerprint density at radius 3 is 2.54 bits per heavy atom. The second-order valence-corrected chi connectivity index (χ2v) is 7.37. The van der Waals surface area contributed by atoms with Crippen molar-refractivity contribution in [2.24, 2.45) is 5.92 Å². The molecule has 1 aromatic rings. The minimum absolute atomic E-state index is 0.0757. The first-order valence-corrected chi connectivity index (χ1v) is 8.51. The number of carbonyl (C=O) groups is 2. The highest BCUT2D eigenvalue weighted by atomic mass is 16.6. The second-order valence-electron chi connectivity index (χ2n) is 7.37. The van der Waals surface area contributed by atoms with Gasteiger partial charge in [-0.3, -0.25) is 4.79 Å². The number of hydrogen-bond acceptors (Lipinski definition) is 4. The summed E-state index contributed by atoms with van der Waals surface area (Å²) in [5.74, 6) is 0.0787. The van der Waals surface area contributed by atoms with Crippen LogP contribution in [-0.2, 0) is 20.9 Å². The van der Waals surface area contributed by atoms with Crippen molar-refractivity contribution in [1.82, 2.24) is 5.32 Å². The van der Waals surface area contributed by atoms with Gasteiger partial charge in [0.1, 0.15) is 12.2 Å². The van der Waals surface area contributed by atoms with Gasteiger partial charge >= 0.3 is 12.1 Å². The van der Waals surface area contributed by atoms with Gasteiger partial charge in [0.25, 0.3) is 0 Å². The molecule has 1 aromatic carbocycles.